The molecule has 0 unspecified atom stereocenters. The fourth-order valence-electron chi connectivity index (χ4n) is 7.16. The van der Waals surface area contributed by atoms with Crippen LogP contribution in [0.1, 0.15) is 100 Å². The summed E-state index contributed by atoms with van der Waals surface area (Å²) in [6.45, 7) is 2.18. The molecule has 2 saturated carbocycles. The van der Waals surface area contributed by atoms with Crippen LogP contribution < -0.4 is 4.74 Å². The Bertz CT molecular complexity index is 1350. The molecule has 0 amide bonds. The van der Waals surface area contributed by atoms with Gasteiger partial charge in [-0.25, -0.2) is 4.39 Å². The molecule has 2 aliphatic carbocycles. The molecule has 244 valence electrons. The summed E-state index contributed by atoms with van der Waals surface area (Å²) < 4.78 is 91.0. The Balaban J connectivity index is 1.07. The van der Waals surface area contributed by atoms with E-state index in [9.17, 15) is 17.6 Å². The second-order valence-electron chi connectivity index (χ2n) is 12.8. The number of hydrogen-bond donors (Lipinski definition) is 0. The van der Waals surface area contributed by atoms with Crippen LogP contribution in [-0.2, 0) is 17.3 Å². The number of halogens is 6. The molecular weight excluding hydrogens is 590 g/mol. The molecule has 3 aromatic carbocycles. The Labute approximate surface area is 262 Å². The minimum absolute atomic E-state index is 0.0790. The van der Waals surface area contributed by atoms with Crippen LogP contribution in [0.25, 0.3) is 11.1 Å². The van der Waals surface area contributed by atoms with Crippen LogP contribution in [0, 0.1) is 17.7 Å². The van der Waals surface area contributed by atoms with Crippen molar-refractivity contribution in [1.29, 1.82) is 0 Å². The van der Waals surface area contributed by atoms with Gasteiger partial charge >= 0.3 is 12.5 Å². The first-order chi connectivity index (χ1) is 21.5. The van der Waals surface area contributed by atoms with E-state index in [2.05, 4.69) is 23.8 Å². The average molecular weight is 633 g/mol. The molecule has 2 aliphatic rings. The molecule has 0 bridgehead atoms. The van der Waals surface area contributed by atoms with Gasteiger partial charge in [-0.3, -0.25) is 0 Å². The van der Waals surface area contributed by atoms with Gasteiger partial charge < -0.3 is 9.47 Å². The van der Waals surface area contributed by atoms with E-state index in [0.29, 0.717) is 30.2 Å². The fraction of sp³-hybridized carbons (Fsp3) is 0.514. The van der Waals surface area contributed by atoms with E-state index in [1.54, 1.807) is 12.1 Å². The number of benzene rings is 3. The Hall–Kier alpha value is -3.00. The molecule has 0 atom stereocenters. The number of aryl methyl sites for hydroxylation is 1. The predicted octanol–water partition coefficient (Wildman–Crippen LogP) is 11.7. The summed E-state index contributed by atoms with van der Waals surface area (Å²) in [4.78, 5) is 0. The Morgan fingerprint density at radius 1 is 0.689 bits per heavy atom. The zero-order valence-electron chi connectivity index (χ0n) is 25.7. The summed E-state index contributed by atoms with van der Waals surface area (Å²) in [6.07, 6.45) is 2.08. The van der Waals surface area contributed by atoms with E-state index in [1.807, 2.05) is 12.1 Å². The van der Waals surface area contributed by atoms with Gasteiger partial charge in [-0.1, -0.05) is 62.2 Å². The summed E-state index contributed by atoms with van der Waals surface area (Å²) in [7, 11) is 0. The van der Waals surface area contributed by atoms with Gasteiger partial charge in [0.25, 0.3) is 0 Å². The third kappa shape index (κ3) is 9.05. The van der Waals surface area contributed by atoms with Crippen molar-refractivity contribution in [3.05, 3.63) is 89.2 Å². The van der Waals surface area contributed by atoms with Crippen LogP contribution in [0.4, 0.5) is 26.3 Å². The van der Waals surface area contributed by atoms with Crippen LogP contribution in [0.2, 0.25) is 0 Å². The maximum atomic E-state index is 15.2. The summed E-state index contributed by atoms with van der Waals surface area (Å²) in [5.74, 6) is -0.870. The van der Waals surface area contributed by atoms with Crippen molar-refractivity contribution in [3.63, 3.8) is 0 Å². The van der Waals surface area contributed by atoms with Crippen molar-refractivity contribution in [1.82, 2.24) is 0 Å². The first-order valence-electron chi connectivity index (χ1n) is 16.3. The minimum atomic E-state index is -4.94. The summed E-state index contributed by atoms with van der Waals surface area (Å²) in [6, 6.07) is 18.4. The van der Waals surface area contributed by atoms with Crippen molar-refractivity contribution in [2.45, 2.75) is 108 Å². The number of alkyl halides is 5. The molecule has 0 spiro atoms. The molecule has 2 fully saturated rings. The van der Waals surface area contributed by atoms with Gasteiger partial charge in [0.1, 0.15) is 0 Å². The van der Waals surface area contributed by atoms with E-state index in [4.69, 9.17) is 4.74 Å². The Morgan fingerprint density at radius 3 is 1.82 bits per heavy atom. The van der Waals surface area contributed by atoms with Crippen molar-refractivity contribution in [2.24, 2.45) is 11.8 Å². The molecule has 5 rings (SSSR count). The largest absolute Gasteiger partial charge is 0.573 e. The second-order valence-corrected chi connectivity index (χ2v) is 12.8. The second kappa shape index (κ2) is 14.6. The predicted molar refractivity (Wildman–Crippen MR) is 164 cm³/mol. The normalized spacial score (nSPS) is 22.7. The Morgan fingerprint density at radius 2 is 1.27 bits per heavy atom. The molecule has 0 aromatic heterocycles. The highest BCUT2D eigenvalue weighted by molar-refractivity contribution is 5.64. The molecule has 0 heterocycles. The van der Waals surface area contributed by atoms with Crippen molar-refractivity contribution >= 4 is 0 Å². The molecule has 0 saturated heterocycles. The summed E-state index contributed by atoms with van der Waals surface area (Å²) in [5.41, 5.74) is 3.72. The average Bonchev–Trinajstić information content (AvgIpc) is 3.02. The molecule has 3 aromatic rings. The van der Waals surface area contributed by atoms with Crippen LogP contribution >= 0.6 is 0 Å². The smallest absolute Gasteiger partial charge is 0.403 e. The van der Waals surface area contributed by atoms with Crippen LogP contribution in [0.15, 0.2) is 66.7 Å². The monoisotopic (exact) mass is 632 g/mol. The highest BCUT2D eigenvalue weighted by Gasteiger charge is 2.39. The van der Waals surface area contributed by atoms with E-state index < -0.39 is 30.1 Å². The van der Waals surface area contributed by atoms with E-state index >= 15 is 8.78 Å². The van der Waals surface area contributed by atoms with Crippen molar-refractivity contribution in [2.75, 3.05) is 0 Å². The maximum absolute atomic E-state index is 15.2. The zero-order valence-corrected chi connectivity index (χ0v) is 25.7. The third-order valence-corrected chi connectivity index (χ3v) is 9.70. The number of unbranched alkanes of at least 4 members (excludes halogenated alkanes) is 2. The molecule has 0 aliphatic heterocycles. The van der Waals surface area contributed by atoms with Gasteiger partial charge in [-0.05, 0) is 128 Å². The molecule has 8 heteroatoms. The molecule has 45 heavy (non-hydrogen) atoms. The van der Waals surface area contributed by atoms with Gasteiger partial charge in [0.05, 0.1) is 11.7 Å². The van der Waals surface area contributed by atoms with Gasteiger partial charge in [-0.15, -0.1) is 13.2 Å². The highest BCUT2D eigenvalue weighted by Crippen LogP contribution is 2.45. The lowest BCUT2D eigenvalue weighted by molar-refractivity contribution is -0.278. The molecular formula is C37H42F6O2. The van der Waals surface area contributed by atoms with Crippen LogP contribution in [0.5, 0.6) is 5.75 Å². The fourth-order valence-corrected chi connectivity index (χ4v) is 7.16. The van der Waals surface area contributed by atoms with Gasteiger partial charge in [0.15, 0.2) is 11.6 Å². The third-order valence-electron chi connectivity index (χ3n) is 9.70. The van der Waals surface area contributed by atoms with Crippen molar-refractivity contribution < 1.29 is 35.8 Å². The number of rotatable bonds is 11. The minimum Gasteiger partial charge on any atom is -0.403 e. The van der Waals surface area contributed by atoms with E-state index in [1.165, 1.54) is 43.0 Å². The van der Waals surface area contributed by atoms with Gasteiger partial charge in [0.2, 0.25) is 0 Å². The standard InChI is InChI=1S/C37H42F6O2/c1-2-3-4-5-25-6-8-26(9-7-25)28-14-19-32(20-15-28)36(39,40)44-33-21-16-29(17-22-33)27-10-12-30(13-11-27)31-18-23-35(34(38)24-31)45-37(41,42)43/h6-9,14-15,18-20,23-24,27,29-30,33H,2-5,10-13,16-17,21-22H2,1H3. The van der Waals surface area contributed by atoms with E-state index in [0.717, 1.165) is 68.2 Å². The maximum Gasteiger partial charge on any atom is 0.573 e. The topological polar surface area (TPSA) is 18.5 Å². The number of ether oxygens (including phenoxy) is 2. The SMILES string of the molecule is CCCCCc1ccc(-c2ccc(C(F)(F)OC3CCC(C4CCC(c5ccc(OC(F)(F)F)c(F)c5)CC4)CC3)cc2)cc1. The number of hydrogen-bond acceptors (Lipinski definition) is 2. The zero-order chi connectivity index (χ0) is 32.0. The molecule has 2 nitrogen and oxygen atoms in total. The molecule has 0 radical (unpaired) electrons. The van der Waals surface area contributed by atoms with Crippen molar-refractivity contribution in [3.8, 4) is 16.9 Å². The van der Waals surface area contributed by atoms with Crippen LogP contribution in [-0.4, -0.2) is 12.5 Å². The first-order valence-corrected chi connectivity index (χ1v) is 16.3. The quantitative estimate of drug-likeness (QED) is 0.155. The first kappa shape index (κ1) is 33.4. The van der Waals surface area contributed by atoms with Gasteiger partial charge in [-0.2, -0.15) is 8.78 Å². The lowest BCUT2D eigenvalue weighted by Gasteiger charge is -2.38. The van der Waals surface area contributed by atoms with Gasteiger partial charge in [0, 0.05) is 0 Å². The summed E-state index contributed by atoms with van der Waals surface area (Å²) >= 11 is 0. The Kier molecular flexibility index (Phi) is 10.8. The lowest BCUT2D eigenvalue weighted by Crippen LogP contribution is -2.32. The molecule has 0 N–H and O–H groups in total. The highest BCUT2D eigenvalue weighted by atomic mass is 19.4. The van der Waals surface area contributed by atoms with E-state index in [-0.39, 0.29) is 11.5 Å². The van der Waals surface area contributed by atoms with Crippen LogP contribution in [0.3, 0.4) is 0 Å². The lowest BCUT2D eigenvalue weighted by atomic mass is 9.69. The summed E-state index contributed by atoms with van der Waals surface area (Å²) in [5, 5.41) is 0.